The van der Waals surface area contributed by atoms with Crippen LogP contribution in [0.4, 0.5) is 0 Å². The fourth-order valence-electron chi connectivity index (χ4n) is 0.600. The van der Waals surface area contributed by atoms with E-state index in [1.807, 2.05) is 6.92 Å². The maximum Gasteiger partial charge on any atom is 0.469 e. The van der Waals surface area contributed by atoms with Gasteiger partial charge in [0.05, 0.1) is 12.7 Å². The molecule has 0 aromatic carbocycles. The normalized spacial score (nSPS) is 14.9. The number of rotatable bonds is 5. The molecule has 0 heterocycles. The van der Waals surface area contributed by atoms with Crippen molar-refractivity contribution in [3.8, 4) is 0 Å². The van der Waals surface area contributed by atoms with E-state index in [-0.39, 0.29) is 6.61 Å². The molecule has 68 valence electrons. The van der Waals surface area contributed by atoms with Crippen LogP contribution >= 0.6 is 7.82 Å². The van der Waals surface area contributed by atoms with Gasteiger partial charge in [0.25, 0.3) is 0 Å². The lowest BCUT2D eigenvalue weighted by Crippen LogP contribution is -2.13. The summed E-state index contributed by atoms with van der Waals surface area (Å²) in [5, 5.41) is 8.94. The van der Waals surface area contributed by atoms with Gasteiger partial charge in [-0.15, -0.1) is 0 Å². The van der Waals surface area contributed by atoms with Gasteiger partial charge >= 0.3 is 7.82 Å². The van der Waals surface area contributed by atoms with Crippen LogP contribution in [0.1, 0.15) is 19.8 Å². The quantitative estimate of drug-likeness (QED) is 0.533. The van der Waals surface area contributed by atoms with Gasteiger partial charge in [0.2, 0.25) is 0 Å². The van der Waals surface area contributed by atoms with Crippen molar-refractivity contribution < 1.29 is 24.0 Å². The average molecular weight is 184 g/mol. The minimum absolute atomic E-state index is 0.307. The number of aliphatic hydroxyl groups excluding tert-OH is 1. The zero-order chi connectivity index (χ0) is 8.91. The molecule has 0 bridgehead atoms. The Morgan fingerprint density at radius 1 is 1.55 bits per heavy atom. The first-order valence-corrected chi connectivity index (χ1v) is 4.87. The lowest BCUT2D eigenvalue weighted by molar-refractivity contribution is 0.0788. The number of phosphoric acid groups is 1. The first-order valence-electron chi connectivity index (χ1n) is 3.34. The third kappa shape index (κ3) is 7.97. The summed E-state index contributed by atoms with van der Waals surface area (Å²) in [6.45, 7) is 1.55. The van der Waals surface area contributed by atoms with Crippen molar-refractivity contribution in [2.24, 2.45) is 0 Å². The molecular weight excluding hydrogens is 171 g/mol. The molecule has 0 spiro atoms. The van der Waals surface area contributed by atoms with Crippen molar-refractivity contribution >= 4 is 7.82 Å². The number of aliphatic hydroxyl groups is 1. The van der Waals surface area contributed by atoms with Crippen LogP contribution in [-0.2, 0) is 9.09 Å². The molecule has 0 amide bonds. The van der Waals surface area contributed by atoms with E-state index in [1.54, 1.807) is 0 Å². The van der Waals surface area contributed by atoms with E-state index in [4.69, 9.17) is 14.9 Å². The van der Waals surface area contributed by atoms with Gasteiger partial charge in [0.15, 0.2) is 0 Å². The minimum Gasteiger partial charge on any atom is -0.391 e. The summed E-state index contributed by atoms with van der Waals surface area (Å²) in [7, 11) is -4.40. The molecule has 0 radical (unpaired) electrons. The van der Waals surface area contributed by atoms with Gasteiger partial charge in [-0.2, -0.15) is 0 Å². The Kier molecular flexibility index (Phi) is 4.88. The molecule has 0 aromatic heterocycles. The van der Waals surface area contributed by atoms with Crippen LogP contribution in [-0.4, -0.2) is 27.6 Å². The molecule has 0 aliphatic carbocycles. The SMILES string of the molecule is CCCC(O)COP(=O)(O)O. The van der Waals surface area contributed by atoms with E-state index < -0.39 is 13.9 Å². The molecule has 0 saturated heterocycles. The second kappa shape index (κ2) is 4.85. The highest BCUT2D eigenvalue weighted by atomic mass is 31.2. The number of phosphoric ester groups is 1. The molecular formula is C5H13O5P. The fraction of sp³-hybridized carbons (Fsp3) is 1.00. The second-order valence-corrected chi connectivity index (χ2v) is 3.47. The Morgan fingerprint density at radius 2 is 2.09 bits per heavy atom. The highest BCUT2D eigenvalue weighted by Gasteiger charge is 2.15. The minimum atomic E-state index is -4.40. The Hall–Kier alpha value is 0.0700. The third-order valence-electron chi connectivity index (χ3n) is 1.06. The summed E-state index contributed by atoms with van der Waals surface area (Å²) < 4.78 is 14.2. The van der Waals surface area contributed by atoms with Gasteiger partial charge < -0.3 is 14.9 Å². The molecule has 1 unspecified atom stereocenters. The second-order valence-electron chi connectivity index (χ2n) is 2.23. The Balaban J connectivity index is 3.46. The topological polar surface area (TPSA) is 87.0 Å². The molecule has 0 rings (SSSR count). The molecule has 5 nitrogen and oxygen atoms in total. The predicted molar refractivity (Wildman–Crippen MR) is 38.9 cm³/mol. The zero-order valence-corrected chi connectivity index (χ0v) is 7.20. The largest absolute Gasteiger partial charge is 0.469 e. The van der Waals surface area contributed by atoms with E-state index in [1.165, 1.54) is 0 Å². The highest BCUT2D eigenvalue weighted by molar-refractivity contribution is 7.46. The van der Waals surface area contributed by atoms with Crippen LogP contribution in [0.2, 0.25) is 0 Å². The third-order valence-corrected chi connectivity index (χ3v) is 1.54. The highest BCUT2D eigenvalue weighted by Crippen LogP contribution is 2.35. The monoisotopic (exact) mass is 184 g/mol. The van der Waals surface area contributed by atoms with Gasteiger partial charge in [-0.3, -0.25) is 4.52 Å². The van der Waals surface area contributed by atoms with Crippen molar-refractivity contribution in [2.45, 2.75) is 25.9 Å². The van der Waals surface area contributed by atoms with Crippen molar-refractivity contribution in [1.29, 1.82) is 0 Å². The van der Waals surface area contributed by atoms with E-state index in [0.717, 1.165) is 6.42 Å². The maximum atomic E-state index is 10.1. The molecule has 1 atom stereocenters. The fourth-order valence-corrected chi connectivity index (χ4v) is 0.966. The standard InChI is InChI=1S/C5H13O5P/c1-2-3-5(6)4-10-11(7,8)9/h5-6H,2-4H2,1H3,(H2,7,8,9). The number of hydrogen-bond acceptors (Lipinski definition) is 3. The van der Waals surface area contributed by atoms with Crippen molar-refractivity contribution in [2.75, 3.05) is 6.61 Å². The van der Waals surface area contributed by atoms with E-state index in [2.05, 4.69) is 4.52 Å². The number of hydrogen-bond donors (Lipinski definition) is 3. The zero-order valence-electron chi connectivity index (χ0n) is 6.30. The molecule has 6 heteroatoms. The molecule has 0 aliphatic heterocycles. The van der Waals surface area contributed by atoms with Crippen LogP contribution in [0.3, 0.4) is 0 Å². The first kappa shape index (κ1) is 11.1. The van der Waals surface area contributed by atoms with Gasteiger partial charge in [0.1, 0.15) is 0 Å². The van der Waals surface area contributed by atoms with Crippen molar-refractivity contribution in [1.82, 2.24) is 0 Å². The average Bonchev–Trinajstić information content (AvgIpc) is 1.83. The van der Waals surface area contributed by atoms with Crippen LogP contribution in [0.25, 0.3) is 0 Å². The Morgan fingerprint density at radius 3 is 2.45 bits per heavy atom. The Labute approximate surface area is 65.2 Å². The van der Waals surface area contributed by atoms with Gasteiger partial charge in [-0.1, -0.05) is 13.3 Å². The lowest BCUT2D eigenvalue weighted by atomic mass is 10.2. The van der Waals surface area contributed by atoms with Crippen LogP contribution < -0.4 is 0 Å². The van der Waals surface area contributed by atoms with Gasteiger partial charge in [-0.25, -0.2) is 4.57 Å². The van der Waals surface area contributed by atoms with Crippen LogP contribution in [0, 0.1) is 0 Å². The summed E-state index contributed by atoms with van der Waals surface area (Å²) in [4.78, 5) is 16.4. The molecule has 0 saturated carbocycles. The first-order chi connectivity index (χ1) is 4.95. The van der Waals surface area contributed by atoms with Gasteiger partial charge in [-0.05, 0) is 6.42 Å². The molecule has 3 N–H and O–H groups in total. The maximum absolute atomic E-state index is 10.1. The predicted octanol–water partition coefficient (Wildman–Crippen LogP) is 0.257. The summed E-state index contributed by atoms with van der Waals surface area (Å²) in [5.41, 5.74) is 0. The lowest BCUT2D eigenvalue weighted by Gasteiger charge is -2.09. The van der Waals surface area contributed by atoms with E-state index >= 15 is 0 Å². The van der Waals surface area contributed by atoms with Crippen molar-refractivity contribution in [3.63, 3.8) is 0 Å². The summed E-state index contributed by atoms with van der Waals surface area (Å²) in [5.74, 6) is 0. The van der Waals surface area contributed by atoms with Crippen molar-refractivity contribution in [3.05, 3.63) is 0 Å². The summed E-state index contributed by atoms with van der Waals surface area (Å²) in [6.07, 6.45) is 0.457. The van der Waals surface area contributed by atoms with Crippen LogP contribution in [0.5, 0.6) is 0 Å². The molecule has 0 fully saturated rings. The van der Waals surface area contributed by atoms with Gasteiger partial charge in [0, 0.05) is 0 Å². The summed E-state index contributed by atoms with van der Waals surface area (Å²) >= 11 is 0. The molecule has 0 aliphatic rings. The summed E-state index contributed by atoms with van der Waals surface area (Å²) in [6, 6.07) is 0. The molecule has 11 heavy (non-hydrogen) atoms. The van der Waals surface area contributed by atoms with E-state index in [0.29, 0.717) is 6.42 Å². The Bertz CT molecular complexity index is 142. The smallest absolute Gasteiger partial charge is 0.391 e. The van der Waals surface area contributed by atoms with Crippen LogP contribution in [0.15, 0.2) is 0 Å². The molecule has 0 aromatic rings. The van der Waals surface area contributed by atoms with E-state index in [9.17, 15) is 4.57 Å².